The van der Waals surface area contributed by atoms with Crippen molar-refractivity contribution in [3.63, 3.8) is 0 Å². The number of piperidine rings is 1. The van der Waals surface area contributed by atoms with Gasteiger partial charge < -0.3 is 20.7 Å². The van der Waals surface area contributed by atoms with E-state index in [0.29, 0.717) is 13.2 Å². The molecule has 15 heavy (non-hydrogen) atoms. The lowest BCUT2D eigenvalue weighted by Crippen LogP contribution is -2.60. The van der Waals surface area contributed by atoms with Crippen LogP contribution >= 0.6 is 0 Å². The van der Waals surface area contributed by atoms with Crippen LogP contribution in [0.3, 0.4) is 0 Å². The molecule has 1 heterocycles. The molecule has 0 saturated carbocycles. The van der Waals surface area contributed by atoms with E-state index in [1.54, 1.807) is 7.11 Å². The number of nitrogens with zero attached hydrogens (tertiary/aromatic N) is 1. The number of hydrogen-bond donors (Lipinski definition) is 2. The molecule has 0 bridgehead atoms. The van der Waals surface area contributed by atoms with Gasteiger partial charge in [0.1, 0.15) is 5.54 Å². The fourth-order valence-electron chi connectivity index (χ4n) is 1.90. The number of rotatable bonds is 5. The van der Waals surface area contributed by atoms with Crippen molar-refractivity contribution in [3.05, 3.63) is 0 Å². The molecule has 0 aromatic rings. The summed E-state index contributed by atoms with van der Waals surface area (Å²) in [5.41, 5.74) is 4.95. The van der Waals surface area contributed by atoms with Crippen molar-refractivity contribution in [2.45, 2.75) is 18.4 Å². The Balaban J connectivity index is 2.51. The first-order valence-corrected chi connectivity index (χ1v) is 5.33. The van der Waals surface area contributed by atoms with E-state index < -0.39 is 5.54 Å². The monoisotopic (exact) mass is 215 g/mol. The molecule has 5 nitrogen and oxygen atoms in total. The van der Waals surface area contributed by atoms with Crippen molar-refractivity contribution in [1.82, 2.24) is 10.2 Å². The third kappa shape index (κ3) is 3.15. The lowest BCUT2D eigenvalue weighted by molar-refractivity contribution is -0.126. The maximum absolute atomic E-state index is 11.5. The molecule has 3 N–H and O–H groups in total. The normalized spacial score (nSPS) is 21.5. The van der Waals surface area contributed by atoms with E-state index in [4.69, 9.17) is 10.5 Å². The zero-order valence-corrected chi connectivity index (χ0v) is 9.58. The molecule has 5 heteroatoms. The van der Waals surface area contributed by atoms with Crippen molar-refractivity contribution in [2.24, 2.45) is 5.73 Å². The van der Waals surface area contributed by atoms with Gasteiger partial charge >= 0.3 is 0 Å². The molecule has 0 aliphatic carbocycles. The summed E-state index contributed by atoms with van der Waals surface area (Å²) >= 11 is 0. The minimum Gasteiger partial charge on any atom is -0.383 e. The quantitative estimate of drug-likeness (QED) is 0.588. The van der Waals surface area contributed by atoms with Crippen LogP contribution in [0.4, 0.5) is 0 Å². The van der Waals surface area contributed by atoms with Crippen molar-refractivity contribution in [1.29, 1.82) is 0 Å². The van der Waals surface area contributed by atoms with Crippen molar-refractivity contribution in [3.8, 4) is 0 Å². The average Bonchev–Trinajstić information content (AvgIpc) is 2.21. The highest BCUT2D eigenvalue weighted by molar-refractivity contribution is 5.84. The van der Waals surface area contributed by atoms with Gasteiger partial charge in [0, 0.05) is 26.7 Å². The second-order valence-electron chi connectivity index (χ2n) is 4.17. The Morgan fingerprint density at radius 2 is 2.13 bits per heavy atom. The fourth-order valence-corrected chi connectivity index (χ4v) is 1.90. The van der Waals surface area contributed by atoms with Crippen LogP contribution in [-0.2, 0) is 9.53 Å². The number of amides is 1. The highest BCUT2D eigenvalue weighted by Gasteiger charge is 2.38. The fraction of sp³-hybridized carbons (Fsp3) is 0.900. The summed E-state index contributed by atoms with van der Waals surface area (Å²) in [5.74, 6) is -0.244. The number of carbonyl (C=O) groups is 1. The number of likely N-dealkylation sites (tertiary alicyclic amines) is 1. The number of methoxy groups -OCH3 is 1. The van der Waals surface area contributed by atoms with Gasteiger partial charge in [0.15, 0.2) is 0 Å². The summed E-state index contributed by atoms with van der Waals surface area (Å²) in [6.45, 7) is 3.08. The highest BCUT2D eigenvalue weighted by atomic mass is 16.5. The molecule has 1 aliphatic heterocycles. The molecule has 1 amide bonds. The van der Waals surface area contributed by atoms with Crippen molar-refractivity contribution < 1.29 is 9.53 Å². The van der Waals surface area contributed by atoms with Crippen LogP contribution in [0.1, 0.15) is 12.8 Å². The molecule has 1 rings (SSSR count). The topological polar surface area (TPSA) is 67.6 Å². The number of ether oxygens (including phenoxy) is 1. The van der Waals surface area contributed by atoms with Gasteiger partial charge in [0.05, 0.1) is 6.61 Å². The molecule has 0 spiro atoms. The van der Waals surface area contributed by atoms with Crippen LogP contribution in [0, 0.1) is 0 Å². The van der Waals surface area contributed by atoms with Gasteiger partial charge in [-0.25, -0.2) is 0 Å². The number of hydrogen-bond acceptors (Lipinski definition) is 4. The number of carbonyl (C=O) groups excluding carboxylic acids is 1. The van der Waals surface area contributed by atoms with Gasteiger partial charge in [-0.05, 0) is 19.9 Å². The van der Waals surface area contributed by atoms with E-state index in [2.05, 4.69) is 17.3 Å². The molecular weight excluding hydrogens is 194 g/mol. The standard InChI is InChI=1S/C10H21N3O2/c1-13-6-3-10(4-7-13,9(11)14)12-5-8-15-2/h12H,3-8H2,1-2H3,(H2,11,14). The van der Waals surface area contributed by atoms with Crippen LogP contribution in [0.15, 0.2) is 0 Å². The number of primary amides is 1. The van der Waals surface area contributed by atoms with Crippen LogP contribution < -0.4 is 11.1 Å². The minimum atomic E-state index is -0.523. The molecule has 0 radical (unpaired) electrons. The Morgan fingerprint density at radius 3 is 2.60 bits per heavy atom. The summed E-state index contributed by atoms with van der Waals surface area (Å²) in [6.07, 6.45) is 1.56. The van der Waals surface area contributed by atoms with Crippen LogP contribution in [0.2, 0.25) is 0 Å². The highest BCUT2D eigenvalue weighted by Crippen LogP contribution is 2.20. The Hall–Kier alpha value is -0.650. The van der Waals surface area contributed by atoms with Gasteiger partial charge in [0.2, 0.25) is 5.91 Å². The second kappa shape index (κ2) is 5.44. The third-order valence-corrected chi connectivity index (χ3v) is 3.08. The summed E-state index contributed by atoms with van der Waals surface area (Å²) in [4.78, 5) is 13.7. The average molecular weight is 215 g/mol. The summed E-state index contributed by atoms with van der Waals surface area (Å²) in [5, 5.41) is 3.23. The van der Waals surface area contributed by atoms with Gasteiger partial charge in [-0.1, -0.05) is 0 Å². The first-order chi connectivity index (χ1) is 7.10. The van der Waals surface area contributed by atoms with Crippen molar-refractivity contribution in [2.75, 3.05) is 40.4 Å². The Labute approximate surface area is 90.9 Å². The Morgan fingerprint density at radius 1 is 1.53 bits per heavy atom. The Kier molecular flexibility index (Phi) is 4.50. The van der Waals surface area contributed by atoms with Gasteiger partial charge in [-0.15, -0.1) is 0 Å². The molecule has 1 fully saturated rings. The third-order valence-electron chi connectivity index (χ3n) is 3.08. The number of nitrogens with two attached hydrogens (primary N) is 1. The molecule has 1 aliphatic rings. The smallest absolute Gasteiger partial charge is 0.237 e. The molecule has 0 unspecified atom stereocenters. The predicted octanol–water partition coefficient (Wildman–Crippen LogP) is -0.828. The number of nitrogens with one attached hydrogen (secondary N) is 1. The molecule has 0 atom stereocenters. The van der Waals surface area contributed by atoms with E-state index in [9.17, 15) is 4.79 Å². The molecular formula is C10H21N3O2. The van der Waals surface area contributed by atoms with E-state index >= 15 is 0 Å². The maximum atomic E-state index is 11.5. The summed E-state index contributed by atoms with van der Waals surface area (Å²) in [7, 11) is 3.70. The Bertz CT molecular complexity index is 213. The van der Waals surface area contributed by atoms with E-state index in [1.807, 2.05) is 0 Å². The maximum Gasteiger partial charge on any atom is 0.237 e. The predicted molar refractivity (Wildman–Crippen MR) is 58.5 cm³/mol. The lowest BCUT2D eigenvalue weighted by atomic mass is 9.87. The van der Waals surface area contributed by atoms with Crippen molar-refractivity contribution >= 4 is 5.91 Å². The van der Waals surface area contributed by atoms with E-state index in [-0.39, 0.29) is 5.91 Å². The van der Waals surface area contributed by atoms with Crippen LogP contribution in [-0.4, -0.2) is 56.7 Å². The summed E-state index contributed by atoms with van der Waals surface area (Å²) < 4.78 is 4.95. The second-order valence-corrected chi connectivity index (χ2v) is 4.17. The van der Waals surface area contributed by atoms with E-state index in [1.165, 1.54) is 0 Å². The summed E-state index contributed by atoms with van der Waals surface area (Å²) in [6, 6.07) is 0. The largest absolute Gasteiger partial charge is 0.383 e. The minimum absolute atomic E-state index is 0.244. The zero-order chi connectivity index (χ0) is 11.3. The first kappa shape index (κ1) is 12.4. The SMILES string of the molecule is COCCNC1(C(N)=O)CCN(C)CC1. The van der Waals surface area contributed by atoms with Crippen LogP contribution in [0.5, 0.6) is 0 Å². The van der Waals surface area contributed by atoms with Gasteiger partial charge in [-0.2, -0.15) is 0 Å². The molecule has 0 aromatic carbocycles. The van der Waals surface area contributed by atoms with Crippen LogP contribution in [0.25, 0.3) is 0 Å². The lowest BCUT2D eigenvalue weighted by Gasteiger charge is -2.38. The van der Waals surface area contributed by atoms with Gasteiger partial charge in [-0.3, -0.25) is 4.79 Å². The first-order valence-electron chi connectivity index (χ1n) is 5.33. The zero-order valence-electron chi connectivity index (χ0n) is 9.58. The molecule has 1 saturated heterocycles. The molecule has 0 aromatic heterocycles. The van der Waals surface area contributed by atoms with E-state index in [0.717, 1.165) is 25.9 Å². The van der Waals surface area contributed by atoms with Gasteiger partial charge in [0.25, 0.3) is 0 Å². The molecule has 88 valence electrons.